The number of ketones is 1. The van der Waals surface area contributed by atoms with Gasteiger partial charge in [-0.25, -0.2) is 9.37 Å². The number of halogens is 1. The number of pyridine rings is 1. The van der Waals surface area contributed by atoms with Gasteiger partial charge in [-0.1, -0.05) is 18.2 Å². The molecule has 0 saturated carbocycles. The van der Waals surface area contributed by atoms with E-state index in [0.29, 0.717) is 22.7 Å². The van der Waals surface area contributed by atoms with Crippen molar-refractivity contribution in [3.05, 3.63) is 71.6 Å². The van der Waals surface area contributed by atoms with Gasteiger partial charge in [0.2, 0.25) is 5.95 Å². The largest absolute Gasteiger partial charge is 0.358 e. The Morgan fingerprint density at radius 3 is 2.94 bits per heavy atom. The third kappa shape index (κ3) is 3.32. The molecule has 0 saturated heterocycles. The van der Waals surface area contributed by atoms with E-state index in [1.165, 1.54) is 46.5 Å². The van der Waals surface area contributed by atoms with E-state index in [1.54, 1.807) is 0 Å². The van der Waals surface area contributed by atoms with Crippen LogP contribution in [-0.2, 0) is 12.8 Å². The second-order valence-electron chi connectivity index (χ2n) is 8.32. The lowest BCUT2D eigenvalue weighted by Gasteiger charge is -2.24. The number of aryl methyl sites for hydroxylation is 1. The molecule has 1 aliphatic rings. The Labute approximate surface area is 187 Å². The minimum Gasteiger partial charge on any atom is -0.358 e. The van der Waals surface area contributed by atoms with Crippen LogP contribution in [0.5, 0.6) is 0 Å². The number of anilines is 1. The Morgan fingerprint density at radius 1 is 1.21 bits per heavy atom. The van der Waals surface area contributed by atoms with Crippen LogP contribution >= 0.6 is 0 Å². The molecule has 4 heterocycles. The molecule has 9 heteroatoms. The number of H-pyrrole nitrogens is 1. The van der Waals surface area contributed by atoms with Crippen molar-refractivity contribution in [3.63, 3.8) is 0 Å². The van der Waals surface area contributed by atoms with Gasteiger partial charge in [0.15, 0.2) is 17.3 Å². The van der Waals surface area contributed by atoms with Crippen molar-refractivity contribution in [2.24, 2.45) is 0 Å². The second-order valence-corrected chi connectivity index (χ2v) is 8.32. The molecule has 0 fully saturated rings. The zero-order valence-electron chi connectivity index (χ0n) is 17.8. The van der Waals surface area contributed by atoms with Gasteiger partial charge in [-0.2, -0.15) is 14.6 Å². The van der Waals surface area contributed by atoms with Crippen molar-refractivity contribution in [2.75, 3.05) is 5.32 Å². The molecule has 164 valence electrons. The topological polar surface area (TPSA) is 101 Å². The number of hydrogen-bond donors (Lipinski definition) is 2. The number of nitrogens with one attached hydrogen (secondary N) is 2. The van der Waals surface area contributed by atoms with Gasteiger partial charge in [0.1, 0.15) is 5.82 Å². The predicted molar refractivity (Wildman–Crippen MR) is 122 cm³/mol. The monoisotopic (exact) mass is 441 g/mol. The number of benzene rings is 1. The second kappa shape index (κ2) is 7.47. The Balaban J connectivity index is 1.42. The third-order valence-electron chi connectivity index (χ3n) is 6.14. The molecule has 8 nitrogen and oxygen atoms in total. The number of Topliss-reactive ketones (excluding diaryl/α,β-unsaturated/α-hetero) is 1. The molecule has 6 rings (SSSR count). The fourth-order valence-electron chi connectivity index (χ4n) is 4.56. The highest BCUT2D eigenvalue weighted by Gasteiger charge is 2.25. The van der Waals surface area contributed by atoms with Crippen molar-refractivity contribution in [1.29, 1.82) is 0 Å². The maximum absolute atomic E-state index is 13.8. The van der Waals surface area contributed by atoms with Crippen molar-refractivity contribution >= 4 is 28.3 Å². The van der Waals surface area contributed by atoms with Gasteiger partial charge in [-0.15, -0.1) is 0 Å². The highest BCUT2D eigenvalue weighted by atomic mass is 19.1. The van der Waals surface area contributed by atoms with E-state index in [9.17, 15) is 9.18 Å². The predicted octanol–water partition coefficient (Wildman–Crippen LogP) is 3.98. The lowest BCUT2D eigenvalue weighted by molar-refractivity contribution is 0.101. The minimum absolute atomic E-state index is 0.110. The third-order valence-corrected chi connectivity index (χ3v) is 6.14. The van der Waals surface area contributed by atoms with Crippen molar-refractivity contribution in [2.45, 2.75) is 32.2 Å². The number of aromatic amines is 1. The maximum atomic E-state index is 13.8. The molecule has 0 amide bonds. The summed E-state index contributed by atoms with van der Waals surface area (Å²) < 4.78 is 15.4. The maximum Gasteiger partial charge on any atom is 0.228 e. The summed E-state index contributed by atoms with van der Waals surface area (Å²) in [6.45, 7) is 1.47. The summed E-state index contributed by atoms with van der Waals surface area (Å²) >= 11 is 0. The number of aromatic nitrogens is 6. The van der Waals surface area contributed by atoms with Gasteiger partial charge in [-0.3, -0.25) is 9.78 Å². The van der Waals surface area contributed by atoms with E-state index in [-0.39, 0.29) is 17.6 Å². The molecule has 33 heavy (non-hydrogen) atoms. The standard InChI is InChI=1S/C24H20FN7O/c1-13(33)19-12-27-32-23(19)30-22(14-8-15(25)11-26-10-14)31-24(32)28-16-6-7-21-18(9-16)17-4-2-3-5-20(17)29-21/h2-5,8,10-12,16,29H,6-7,9H2,1H3,(H,28,30,31)/t16-/m1/s1. The average Bonchev–Trinajstić information content (AvgIpc) is 3.41. The molecule has 0 radical (unpaired) electrons. The first-order valence-corrected chi connectivity index (χ1v) is 10.8. The van der Waals surface area contributed by atoms with Gasteiger partial charge in [0.05, 0.1) is 18.0 Å². The van der Waals surface area contributed by atoms with E-state index >= 15 is 0 Å². The van der Waals surface area contributed by atoms with Crippen LogP contribution < -0.4 is 5.32 Å². The molecule has 0 unspecified atom stereocenters. The molecule has 0 spiro atoms. The lowest BCUT2D eigenvalue weighted by Crippen LogP contribution is -2.29. The van der Waals surface area contributed by atoms with E-state index in [4.69, 9.17) is 0 Å². The summed E-state index contributed by atoms with van der Waals surface area (Å²) in [5.41, 5.74) is 4.91. The number of nitrogens with zero attached hydrogens (tertiary/aromatic N) is 5. The number of rotatable bonds is 4. The summed E-state index contributed by atoms with van der Waals surface area (Å²) in [5.74, 6) is 0.104. The molecule has 1 atom stereocenters. The Bertz CT molecular complexity index is 1540. The molecular weight excluding hydrogens is 421 g/mol. The summed E-state index contributed by atoms with van der Waals surface area (Å²) in [7, 11) is 0. The first kappa shape index (κ1) is 19.5. The molecule has 5 aromatic rings. The fraction of sp³-hybridized carbons (Fsp3) is 0.208. The first-order chi connectivity index (χ1) is 16.1. The van der Waals surface area contributed by atoms with Gasteiger partial charge in [-0.05, 0) is 43.9 Å². The Hall–Kier alpha value is -4.14. The highest BCUT2D eigenvalue weighted by Crippen LogP contribution is 2.30. The van der Waals surface area contributed by atoms with Gasteiger partial charge < -0.3 is 10.3 Å². The Morgan fingerprint density at radius 2 is 2.09 bits per heavy atom. The van der Waals surface area contributed by atoms with Crippen LogP contribution in [0.25, 0.3) is 27.9 Å². The molecular formula is C24H20FN7O. The van der Waals surface area contributed by atoms with Crippen LogP contribution in [0.1, 0.15) is 35.0 Å². The van der Waals surface area contributed by atoms with E-state index in [0.717, 1.165) is 31.0 Å². The van der Waals surface area contributed by atoms with Crippen LogP contribution in [0.15, 0.2) is 48.9 Å². The molecule has 4 aromatic heterocycles. The number of carbonyl (C=O) groups excluding carboxylic acids is 1. The number of fused-ring (bicyclic) bond motifs is 4. The minimum atomic E-state index is -0.482. The number of hydrogen-bond acceptors (Lipinski definition) is 6. The smallest absolute Gasteiger partial charge is 0.228 e. The zero-order chi connectivity index (χ0) is 22.5. The molecule has 0 bridgehead atoms. The Kier molecular flexibility index (Phi) is 4.42. The SMILES string of the molecule is CC(=O)c1cnn2c(N[C@@H]3CCc4[nH]c5ccccc5c4C3)nc(-c3cncc(F)c3)nc12. The van der Waals surface area contributed by atoms with Gasteiger partial charge >= 0.3 is 0 Å². The normalized spacial score (nSPS) is 15.6. The van der Waals surface area contributed by atoms with E-state index in [2.05, 4.69) is 42.5 Å². The fourth-order valence-corrected chi connectivity index (χ4v) is 4.56. The van der Waals surface area contributed by atoms with Crippen molar-refractivity contribution in [1.82, 2.24) is 29.5 Å². The van der Waals surface area contributed by atoms with Crippen LogP contribution in [-0.4, -0.2) is 41.4 Å². The molecule has 1 aromatic carbocycles. The van der Waals surface area contributed by atoms with Crippen LogP contribution in [0.4, 0.5) is 10.3 Å². The summed E-state index contributed by atoms with van der Waals surface area (Å²) in [6, 6.07) is 9.75. The summed E-state index contributed by atoms with van der Waals surface area (Å²) in [5, 5.41) is 9.09. The summed E-state index contributed by atoms with van der Waals surface area (Å²) in [4.78, 5) is 28.7. The first-order valence-electron chi connectivity index (χ1n) is 10.8. The van der Waals surface area contributed by atoms with Crippen LogP contribution in [0.2, 0.25) is 0 Å². The van der Waals surface area contributed by atoms with Crippen LogP contribution in [0.3, 0.4) is 0 Å². The lowest BCUT2D eigenvalue weighted by atomic mass is 9.91. The average molecular weight is 441 g/mol. The van der Waals surface area contributed by atoms with Gasteiger partial charge in [0, 0.05) is 34.4 Å². The van der Waals surface area contributed by atoms with Crippen LogP contribution in [0, 0.1) is 5.82 Å². The van der Waals surface area contributed by atoms with Gasteiger partial charge in [0.25, 0.3) is 0 Å². The summed E-state index contributed by atoms with van der Waals surface area (Å²) in [6.07, 6.45) is 6.76. The van der Waals surface area contributed by atoms with Crippen molar-refractivity contribution in [3.8, 4) is 11.4 Å². The quantitative estimate of drug-likeness (QED) is 0.409. The zero-order valence-corrected chi connectivity index (χ0v) is 17.8. The molecule has 2 N–H and O–H groups in total. The highest BCUT2D eigenvalue weighted by molar-refractivity contribution is 5.99. The van der Waals surface area contributed by atoms with E-state index < -0.39 is 5.82 Å². The molecule has 1 aliphatic carbocycles. The molecule has 0 aliphatic heterocycles. The number of carbonyl (C=O) groups is 1. The number of para-hydroxylation sites is 1. The van der Waals surface area contributed by atoms with Crippen molar-refractivity contribution < 1.29 is 9.18 Å². The van der Waals surface area contributed by atoms with E-state index in [1.807, 2.05) is 12.1 Å².